The van der Waals surface area contributed by atoms with Gasteiger partial charge < -0.3 is 16.4 Å². The van der Waals surface area contributed by atoms with E-state index >= 15 is 0 Å². The van der Waals surface area contributed by atoms with Gasteiger partial charge in [0.2, 0.25) is 5.91 Å². The second-order valence-corrected chi connectivity index (χ2v) is 5.75. The first-order valence-electron chi connectivity index (χ1n) is 7.10. The maximum absolute atomic E-state index is 11.9. The Kier molecular flexibility index (Phi) is 10.9. The molecule has 124 valence electrons. The minimum Gasteiger partial charge on any atom is -0.351 e. The molecule has 1 aromatic rings. The smallest absolute Gasteiger partial charge is 0.251 e. The standard InChI is InChI=1S/C15H22BrN3O2.ClH/c1-2-3-7-13(9-17)19-14(20)10-18-15(21)11-5-4-6-12(16)8-11;/h4-6,8,13H,2-3,7,9-10,17H2,1H3,(H,18,21)(H,19,20);1H. The maximum atomic E-state index is 11.9. The fraction of sp³-hybridized carbons (Fsp3) is 0.467. The largest absolute Gasteiger partial charge is 0.351 e. The molecule has 0 aliphatic carbocycles. The third-order valence-electron chi connectivity index (χ3n) is 3.05. The summed E-state index contributed by atoms with van der Waals surface area (Å²) in [4.78, 5) is 23.7. The Morgan fingerprint density at radius 3 is 2.68 bits per heavy atom. The molecule has 4 N–H and O–H groups in total. The van der Waals surface area contributed by atoms with Crippen molar-refractivity contribution in [2.24, 2.45) is 5.73 Å². The van der Waals surface area contributed by atoms with Crippen molar-refractivity contribution >= 4 is 40.2 Å². The molecule has 0 bridgehead atoms. The molecule has 22 heavy (non-hydrogen) atoms. The number of halogens is 2. The van der Waals surface area contributed by atoms with Crippen LogP contribution in [0.25, 0.3) is 0 Å². The van der Waals surface area contributed by atoms with Gasteiger partial charge in [0.1, 0.15) is 0 Å². The summed E-state index contributed by atoms with van der Waals surface area (Å²) < 4.78 is 0.822. The molecule has 2 amide bonds. The highest BCUT2D eigenvalue weighted by Gasteiger charge is 2.12. The van der Waals surface area contributed by atoms with Crippen LogP contribution in [0.3, 0.4) is 0 Å². The van der Waals surface area contributed by atoms with E-state index in [0.29, 0.717) is 12.1 Å². The molecule has 1 unspecified atom stereocenters. The van der Waals surface area contributed by atoms with E-state index in [1.807, 2.05) is 6.07 Å². The topological polar surface area (TPSA) is 84.2 Å². The quantitative estimate of drug-likeness (QED) is 0.634. The van der Waals surface area contributed by atoms with Gasteiger partial charge in [0.05, 0.1) is 6.54 Å². The molecule has 0 aliphatic heterocycles. The Hall–Kier alpha value is -1.11. The summed E-state index contributed by atoms with van der Waals surface area (Å²) in [5.41, 5.74) is 6.13. The Balaban J connectivity index is 0.00000441. The van der Waals surface area contributed by atoms with Gasteiger partial charge in [0.25, 0.3) is 5.91 Å². The highest BCUT2D eigenvalue weighted by atomic mass is 79.9. The monoisotopic (exact) mass is 391 g/mol. The van der Waals surface area contributed by atoms with E-state index in [2.05, 4.69) is 33.5 Å². The number of nitrogens with one attached hydrogen (secondary N) is 2. The fourth-order valence-corrected chi connectivity index (χ4v) is 2.27. The third kappa shape index (κ3) is 7.77. The van der Waals surface area contributed by atoms with Gasteiger partial charge in [-0.25, -0.2) is 0 Å². The van der Waals surface area contributed by atoms with Gasteiger partial charge in [-0.1, -0.05) is 41.8 Å². The predicted molar refractivity (Wildman–Crippen MR) is 94.2 cm³/mol. The Morgan fingerprint density at radius 1 is 1.36 bits per heavy atom. The fourth-order valence-electron chi connectivity index (χ4n) is 1.87. The molecule has 0 saturated carbocycles. The molecule has 0 aromatic heterocycles. The van der Waals surface area contributed by atoms with Gasteiger partial charge in [-0.3, -0.25) is 9.59 Å². The average molecular weight is 393 g/mol. The van der Waals surface area contributed by atoms with Crippen LogP contribution < -0.4 is 16.4 Å². The van der Waals surface area contributed by atoms with Crippen LogP contribution >= 0.6 is 28.3 Å². The lowest BCUT2D eigenvalue weighted by molar-refractivity contribution is -0.120. The third-order valence-corrected chi connectivity index (χ3v) is 3.55. The number of carbonyl (C=O) groups is 2. The van der Waals surface area contributed by atoms with Crippen molar-refractivity contribution in [2.75, 3.05) is 13.1 Å². The number of carbonyl (C=O) groups excluding carboxylic acids is 2. The van der Waals surface area contributed by atoms with E-state index in [1.165, 1.54) is 0 Å². The molecular formula is C15H23BrClN3O2. The van der Waals surface area contributed by atoms with Crippen molar-refractivity contribution < 1.29 is 9.59 Å². The SMILES string of the molecule is CCCCC(CN)NC(=O)CNC(=O)c1cccc(Br)c1.Cl. The van der Waals surface area contributed by atoms with Crippen LogP contribution in [0.5, 0.6) is 0 Å². The Bertz CT molecular complexity index is 486. The average Bonchev–Trinajstić information content (AvgIpc) is 2.49. The Morgan fingerprint density at radius 2 is 2.09 bits per heavy atom. The first-order valence-corrected chi connectivity index (χ1v) is 7.89. The second-order valence-electron chi connectivity index (χ2n) is 4.84. The summed E-state index contributed by atoms with van der Waals surface area (Å²) in [5.74, 6) is -0.491. The van der Waals surface area contributed by atoms with Gasteiger partial charge in [-0.05, 0) is 24.6 Å². The number of hydrogen-bond acceptors (Lipinski definition) is 3. The summed E-state index contributed by atoms with van der Waals surface area (Å²) in [6, 6.07) is 6.98. The molecule has 0 heterocycles. The van der Waals surface area contributed by atoms with Crippen molar-refractivity contribution in [1.82, 2.24) is 10.6 Å². The second kappa shape index (κ2) is 11.5. The van der Waals surface area contributed by atoms with Crippen LogP contribution in [-0.2, 0) is 4.79 Å². The summed E-state index contributed by atoms with van der Waals surface area (Å²) in [7, 11) is 0. The van der Waals surface area contributed by atoms with Crippen LogP contribution in [0.2, 0.25) is 0 Å². The van der Waals surface area contributed by atoms with Crippen LogP contribution in [-0.4, -0.2) is 30.9 Å². The number of benzene rings is 1. The van der Waals surface area contributed by atoms with Crippen molar-refractivity contribution in [2.45, 2.75) is 32.2 Å². The van der Waals surface area contributed by atoms with E-state index in [0.717, 1.165) is 23.7 Å². The van der Waals surface area contributed by atoms with Crippen molar-refractivity contribution in [3.8, 4) is 0 Å². The maximum Gasteiger partial charge on any atom is 0.251 e. The van der Waals surface area contributed by atoms with E-state index < -0.39 is 0 Å². The molecule has 7 heteroatoms. The summed E-state index contributed by atoms with van der Waals surface area (Å²) in [6.07, 6.45) is 2.94. The molecule has 5 nitrogen and oxygen atoms in total. The minimum atomic E-state index is -0.274. The molecule has 1 aromatic carbocycles. The number of amides is 2. The molecule has 0 fully saturated rings. The van der Waals surface area contributed by atoms with E-state index in [1.54, 1.807) is 18.2 Å². The molecule has 1 rings (SSSR count). The zero-order chi connectivity index (χ0) is 15.7. The highest BCUT2D eigenvalue weighted by molar-refractivity contribution is 9.10. The normalized spacial score (nSPS) is 11.2. The van der Waals surface area contributed by atoms with E-state index in [-0.39, 0.29) is 36.8 Å². The number of unbranched alkanes of at least 4 members (excludes halogenated alkanes) is 1. The number of hydrogen-bond donors (Lipinski definition) is 3. The van der Waals surface area contributed by atoms with Crippen LogP contribution in [0, 0.1) is 0 Å². The van der Waals surface area contributed by atoms with Crippen LogP contribution in [0.4, 0.5) is 0 Å². The molecule has 0 saturated heterocycles. The molecule has 0 spiro atoms. The van der Waals surface area contributed by atoms with E-state index in [4.69, 9.17) is 5.73 Å². The lowest BCUT2D eigenvalue weighted by Gasteiger charge is -2.16. The van der Waals surface area contributed by atoms with Gasteiger partial charge in [0.15, 0.2) is 0 Å². The highest BCUT2D eigenvalue weighted by Crippen LogP contribution is 2.11. The van der Waals surface area contributed by atoms with Gasteiger partial charge in [0, 0.05) is 22.6 Å². The first kappa shape index (κ1) is 20.9. The minimum absolute atomic E-state index is 0. The lowest BCUT2D eigenvalue weighted by atomic mass is 10.1. The first-order chi connectivity index (χ1) is 10.1. The number of rotatable bonds is 8. The summed E-state index contributed by atoms with van der Waals surface area (Å²) in [6.45, 7) is 2.45. The summed E-state index contributed by atoms with van der Waals surface area (Å²) in [5, 5.41) is 5.43. The predicted octanol–water partition coefficient (Wildman–Crippen LogP) is 2.23. The van der Waals surface area contributed by atoms with Gasteiger partial charge in [-0.2, -0.15) is 0 Å². The van der Waals surface area contributed by atoms with Crippen LogP contribution in [0.15, 0.2) is 28.7 Å². The molecule has 1 atom stereocenters. The van der Waals surface area contributed by atoms with Gasteiger partial charge in [-0.15, -0.1) is 12.4 Å². The number of nitrogens with two attached hydrogens (primary N) is 1. The van der Waals surface area contributed by atoms with Crippen molar-refractivity contribution in [3.05, 3.63) is 34.3 Å². The van der Waals surface area contributed by atoms with E-state index in [9.17, 15) is 9.59 Å². The lowest BCUT2D eigenvalue weighted by Crippen LogP contribution is -2.45. The molecular weight excluding hydrogens is 370 g/mol. The molecule has 0 aliphatic rings. The Labute approximate surface area is 145 Å². The van der Waals surface area contributed by atoms with Crippen LogP contribution in [0.1, 0.15) is 36.5 Å². The zero-order valence-corrected chi connectivity index (χ0v) is 15.0. The molecule has 0 radical (unpaired) electrons. The van der Waals surface area contributed by atoms with Gasteiger partial charge >= 0.3 is 0 Å². The van der Waals surface area contributed by atoms with Crippen molar-refractivity contribution in [1.29, 1.82) is 0 Å². The van der Waals surface area contributed by atoms with Crippen molar-refractivity contribution in [3.63, 3.8) is 0 Å². The zero-order valence-electron chi connectivity index (χ0n) is 12.6. The summed E-state index contributed by atoms with van der Waals surface area (Å²) >= 11 is 3.30.